The number of hydrogen-bond acceptors (Lipinski definition) is 5. The zero-order valence-corrected chi connectivity index (χ0v) is 16.5. The lowest BCUT2D eigenvalue weighted by Crippen LogP contribution is -2.38. The molecule has 1 atom stereocenters. The van der Waals surface area contributed by atoms with Gasteiger partial charge in [0, 0.05) is 50.6 Å². The number of nitrogens with zero attached hydrogens (tertiary/aromatic N) is 2. The molecule has 1 aromatic rings. The van der Waals surface area contributed by atoms with Crippen LogP contribution in [-0.2, 0) is 15.9 Å². The molecule has 1 fully saturated rings. The van der Waals surface area contributed by atoms with Crippen LogP contribution in [-0.4, -0.2) is 56.5 Å². The minimum atomic E-state index is 0.282. The second kappa shape index (κ2) is 11.4. The number of rotatable bonds is 10. The first kappa shape index (κ1) is 20.1. The van der Waals surface area contributed by atoms with Gasteiger partial charge in [-0.25, -0.2) is 4.98 Å². The van der Waals surface area contributed by atoms with Gasteiger partial charge in [-0.2, -0.15) is 0 Å². The second-order valence-corrected chi connectivity index (χ2v) is 7.37. The zero-order valence-electron chi connectivity index (χ0n) is 15.7. The number of thiazole rings is 1. The number of hydrogen-bond donors (Lipinski definition) is 2. The molecule has 2 rings (SSSR count). The number of aliphatic imine (C=N–C) groups is 1. The van der Waals surface area contributed by atoms with Crippen molar-refractivity contribution >= 4 is 17.3 Å². The molecule has 2 N–H and O–H groups in total. The van der Waals surface area contributed by atoms with Crippen LogP contribution in [0.1, 0.15) is 50.2 Å². The van der Waals surface area contributed by atoms with Gasteiger partial charge in [0.2, 0.25) is 0 Å². The molecular weight excluding hydrogens is 336 g/mol. The standard InChI is InChI=1S/C18H32N4O2S/c1-4-19-18(20-8-5-10-24-16-7-11-23-12-16)21-9-6-15-13-25-17(22-15)14(2)3/h13-14,16H,4-12H2,1-3H3,(H2,19,20,21). The van der Waals surface area contributed by atoms with E-state index in [2.05, 4.69) is 46.8 Å². The molecule has 2 heterocycles. The first-order valence-corrected chi connectivity index (χ1v) is 10.2. The quantitative estimate of drug-likeness (QED) is 0.377. The van der Waals surface area contributed by atoms with Gasteiger partial charge >= 0.3 is 0 Å². The Morgan fingerprint density at radius 3 is 3.04 bits per heavy atom. The second-order valence-electron chi connectivity index (χ2n) is 6.48. The van der Waals surface area contributed by atoms with Crippen LogP contribution in [0.25, 0.3) is 0 Å². The van der Waals surface area contributed by atoms with Crippen LogP contribution in [0.2, 0.25) is 0 Å². The molecule has 0 saturated carbocycles. The molecule has 1 aromatic heterocycles. The van der Waals surface area contributed by atoms with Crippen molar-refractivity contribution in [3.8, 4) is 0 Å². The fourth-order valence-electron chi connectivity index (χ4n) is 2.50. The molecule has 1 aliphatic rings. The van der Waals surface area contributed by atoms with Crippen LogP contribution in [0.5, 0.6) is 0 Å². The monoisotopic (exact) mass is 368 g/mol. The van der Waals surface area contributed by atoms with Crippen LogP contribution in [0.4, 0.5) is 0 Å². The summed E-state index contributed by atoms with van der Waals surface area (Å²) in [6.07, 6.45) is 3.14. The Bertz CT molecular complexity index is 513. The summed E-state index contributed by atoms with van der Waals surface area (Å²) in [4.78, 5) is 9.28. The average molecular weight is 369 g/mol. The van der Waals surface area contributed by atoms with Gasteiger partial charge in [0.25, 0.3) is 0 Å². The van der Waals surface area contributed by atoms with Gasteiger partial charge in [-0.15, -0.1) is 11.3 Å². The van der Waals surface area contributed by atoms with Crippen molar-refractivity contribution in [1.29, 1.82) is 0 Å². The van der Waals surface area contributed by atoms with Gasteiger partial charge in [0.15, 0.2) is 5.96 Å². The molecule has 1 unspecified atom stereocenters. The molecule has 0 spiro atoms. The molecule has 6 nitrogen and oxygen atoms in total. The van der Waals surface area contributed by atoms with Crippen LogP contribution in [0.3, 0.4) is 0 Å². The van der Waals surface area contributed by atoms with Gasteiger partial charge in [-0.05, 0) is 19.8 Å². The molecule has 0 bridgehead atoms. The highest BCUT2D eigenvalue weighted by molar-refractivity contribution is 7.09. The highest BCUT2D eigenvalue weighted by Gasteiger charge is 2.15. The van der Waals surface area contributed by atoms with Crippen molar-refractivity contribution in [3.63, 3.8) is 0 Å². The lowest BCUT2D eigenvalue weighted by Gasteiger charge is -2.11. The van der Waals surface area contributed by atoms with E-state index in [1.165, 1.54) is 5.01 Å². The summed E-state index contributed by atoms with van der Waals surface area (Å²) < 4.78 is 11.1. The third-order valence-electron chi connectivity index (χ3n) is 3.90. The summed E-state index contributed by atoms with van der Waals surface area (Å²) in [5, 5.41) is 10.0. The van der Waals surface area contributed by atoms with E-state index >= 15 is 0 Å². The van der Waals surface area contributed by atoms with Gasteiger partial charge in [-0.1, -0.05) is 13.8 Å². The van der Waals surface area contributed by atoms with Gasteiger partial charge < -0.3 is 20.1 Å². The van der Waals surface area contributed by atoms with E-state index in [0.717, 1.165) is 70.4 Å². The third kappa shape index (κ3) is 7.71. The van der Waals surface area contributed by atoms with Crippen molar-refractivity contribution < 1.29 is 9.47 Å². The Balaban J connectivity index is 1.64. The van der Waals surface area contributed by atoms with Gasteiger partial charge in [-0.3, -0.25) is 4.99 Å². The molecule has 25 heavy (non-hydrogen) atoms. The van der Waals surface area contributed by atoms with E-state index in [9.17, 15) is 0 Å². The fourth-order valence-corrected chi connectivity index (χ4v) is 3.37. The fraction of sp³-hybridized carbons (Fsp3) is 0.778. The number of aromatic nitrogens is 1. The molecular formula is C18H32N4O2S. The number of ether oxygens (including phenoxy) is 2. The maximum absolute atomic E-state index is 5.76. The Hall–Kier alpha value is -1.18. The predicted octanol–water partition coefficient (Wildman–Crippen LogP) is 2.56. The Morgan fingerprint density at radius 1 is 1.48 bits per heavy atom. The maximum Gasteiger partial charge on any atom is 0.191 e. The number of guanidine groups is 1. The summed E-state index contributed by atoms with van der Waals surface area (Å²) in [6, 6.07) is 0. The molecule has 142 valence electrons. The third-order valence-corrected chi connectivity index (χ3v) is 5.09. The zero-order chi connectivity index (χ0) is 17.9. The SMILES string of the molecule is CCNC(=NCCCOC1CCOC1)NCCc1csc(C(C)C)n1. The smallest absolute Gasteiger partial charge is 0.191 e. The first-order chi connectivity index (χ1) is 12.2. The predicted molar refractivity (Wildman–Crippen MR) is 104 cm³/mol. The maximum atomic E-state index is 5.76. The lowest BCUT2D eigenvalue weighted by molar-refractivity contribution is 0.0424. The number of nitrogens with one attached hydrogen (secondary N) is 2. The van der Waals surface area contributed by atoms with Crippen LogP contribution >= 0.6 is 11.3 Å². The Kier molecular flexibility index (Phi) is 9.21. The highest BCUT2D eigenvalue weighted by Crippen LogP contribution is 2.19. The minimum absolute atomic E-state index is 0.282. The molecule has 1 aliphatic heterocycles. The van der Waals surface area contributed by atoms with Crippen molar-refractivity contribution in [2.75, 3.05) is 39.5 Å². The summed E-state index contributed by atoms with van der Waals surface area (Å²) in [5.74, 6) is 1.37. The topological polar surface area (TPSA) is 67.8 Å². The van der Waals surface area contributed by atoms with E-state index in [0.29, 0.717) is 5.92 Å². The largest absolute Gasteiger partial charge is 0.379 e. The van der Waals surface area contributed by atoms with Crippen molar-refractivity contribution in [2.24, 2.45) is 4.99 Å². The van der Waals surface area contributed by atoms with Gasteiger partial charge in [0.1, 0.15) is 0 Å². The van der Waals surface area contributed by atoms with E-state index in [4.69, 9.17) is 9.47 Å². The molecule has 0 aliphatic carbocycles. The Morgan fingerprint density at radius 2 is 2.36 bits per heavy atom. The van der Waals surface area contributed by atoms with E-state index in [1.807, 2.05) is 0 Å². The Labute approximate surface area is 155 Å². The van der Waals surface area contributed by atoms with E-state index in [1.54, 1.807) is 11.3 Å². The van der Waals surface area contributed by atoms with Crippen LogP contribution in [0.15, 0.2) is 10.4 Å². The molecule has 1 saturated heterocycles. The van der Waals surface area contributed by atoms with Crippen LogP contribution in [0, 0.1) is 0 Å². The molecule has 0 radical (unpaired) electrons. The average Bonchev–Trinajstić information content (AvgIpc) is 3.26. The summed E-state index contributed by atoms with van der Waals surface area (Å²) >= 11 is 1.75. The summed E-state index contributed by atoms with van der Waals surface area (Å²) in [5.41, 5.74) is 1.16. The molecule has 0 aromatic carbocycles. The normalized spacial score (nSPS) is 18.1. The van der Waals surface area contributed by atoms with E-state index in [-0.39, 0.29) is 6.10 Å². The van der Waals surface area contributed by atoms with Crippen molar-refractivity contribution in [2.45, 2.75) is 52.1 Å². The molecule has 7 heteroatoms. The molecule has 0 amide bonds. The highest BCUT2D eigenvalue weighted by atomic mass is 32.1. The van der Waals surface area contributed by atoms with E-state index < -0.39 is 0 Å². The lowest BCUT2D eigenvalue weighted by atomic mass is 10.2. The van der Waals surface area contributed by atoms with Crippen molar-refractivity contribution in [1.82, 2.24) is 15.6 Å². The summed E-state index contributed by atoms with van der Waals surface area (Å²) in [7, 11) is 0. The van der Waals surface area contributed by atoms with Crippen molar-refractivity contribution in [3.05, 3.63) is 16.1 Å². The van der Waals surface area contributed by atoms with Crippen LogP contribution < -0.4 is 10.6 Å². The van der Waals surface area contributed by atoms with Gasteiger partial charge in [0.05, 0.1) is 23.4 Å². The summed E-state index contributed by atoms with van der Waals surface area (Å²) in [6.45, 7) is 11.2. The first-order valence-electron chi connectivity index (χ1n) is 9.34. The minimum Gasteiger partial charge on any atom is -0.379 e.